The number of ether oxygens (including phenoxy) is 2. The Labute approximate surface area is 167 Å². The Kier molecular flexibility index (Phi) is 5.57. The molecule has 3 aliphatic rings. The van der Waals surface area contributed by atoms with Gasteiger partial charge in [0.25, 0.3) is 0 Å². The Morgan fingerprint density at radius 3 is 2.57 bits per heavy atom. The lowest BCUT2D eigenvalue weighted by atomic mass is 9.44. The van der Waals surface area contributed by atoms with Crippen molar-refractivity contribution in [3.05, 3.63) is 23.3 Å². The van der Waals surface area contributed by atoms with Crippen molar-refractivity contribution in [2.75, 3.05) is 6.61 Å². The van der Waals surface area contributed by atoms with E-state index in [1.807, 2.05) is 12.2 Å². The van der Waals surface area contributed by atoms with Crippen molar-refractivity contribution in [3.8, 4) is 0 Å². The van der Waals surface area contributed by atoms with Crippen LogP contribution in [0, 0.1) is 22.7 Å². The smallest absolute Gasteiger partial charge is 0.303 e. The van der Waals surface area contributed by atoms with Crippen molar-refractivity contribution in [3.63, 3.8) is 0 Å². The third-order valence-electron chi connectivity index (χ3n) is 7.68. The molecule has 0 aliphatic heterocycles. The van der Waals surface area contributed by atoms with Crippen LogP contribution < -0.4 is 0 Å². The molecule has 154 valence electrons. The molecule has 5 atom stereocenters. The van der Waals surface area contributed by atoms with E-state index in [-0.39, 0.29) is 53.1 Å². The number of ketones is 1. The molecule has 0 bridgehead atoms. The first kappa shape index (κ1) is 20.8. The zero-order valence-corrected chi connectivity index (χ0v) is 17.7. The van der Waals surface area contributed by atoms with Crippen LogP contribution in [0.4, 0.5) is 0 Å². The van der Waals surface area contributed by atoms with Gasteiger partial charge >= 0.3 is 11.9 Å². The molecule has 0 saturated heterocycles. The molecule has 3 rings (SSSR count). The molecular formula is C23H32O5. The number of esters is 2. The lowest BCUT2D eigenvalue weighted by molar-refractivity contribution is -0.162. The van der Waals surface area contributed by atoms with Gasteiger partial charge in [0.1, 0.15) is 12.7 Å². The first-order valence-electron chi connectivity index (χ1n) is 10.3. The topological polar surface area (TPSA) is 69.7 Å². The highest BCUT2D eigenvalue weighted by Gasteiger charge is 2.59. The minimum Gasteiger partial charge on any atom is -0.462 e. The van der Waals surface area contributed by atoms with E-state index in [9.17, 15) is 14.4 Å². The van der Waals surface area contributed by atoms with Crippen LogP contribution in [0.3, 0.4) is 0 Å². The van der Waals surface area contributed by atoms with Crippen molar-refractivity contribution in [1.82, 2.24) is 0 Å². The second kappa shape index (κ2) is 7.49. The summed E-state index contributed by atoms with van der Waals surface area (Å²) in [7, 11) is 0. The van der Waals surface area contributed by atoms with Crippen molar-refractivity contribution >= 4 is 17.7 Å². The molecular weight excluding hydrogens is 356 g/mol. The lowest BCUT2D eigenvalue weighted by Gasteiger charge is -2.61. The predicted molar refractivity (Wildman–Crippen MR) is 105 cm³/mol. The summed E-state index contributed by atoms with van der Waals surface area (Å²) in [5.41, 5.74) is 2.18. The number of rotatable bonds is 3. The Bertz CT molecular complexity index is 748. The van der Waals surface area contributed by atoms with Crippen LogP contribution in [0.2, 0.25) is 0 Å². The van der Waals surface area contributed by atoms with Gasteiger partial charge in [-0.15, -0.1) is 0 Å². The maximum atomic E-state index is 12.4. The second-order valence-electron chi connectivity index (χ2n) is 9.23. The third kappa shape index (κ3) is 3.56. The van der Waals surface area contributed by atoms with Gasteiger partial charge in [-0.3, -0.25) is 14.4 Å². The van der Waals surface area contributed by atoms with Crippen LogP contribution in [0.5, 0.6) is 0 Å². The molecule has 5 nitrogen and oxygen atoms in total. The maximum Gasteiger partial charge on any atom is 0.303 e. The molecule has 0 radical (unpaired) electrons. The number of hydrogen-bond acceptors (Lipinski definition) is 5. The SMILES string of the molecule is CC(=O)OC/C=C1/CC[C@]2(C)[C@@H](CC[C@@]3(C)C(C)=CC(=O)C[C@@H]23)[C@@H]1OC(C)=O. The van der Waals surface area contributed by atoms with Gasteiger partial charge in [-0.1, -0.05) is 19.4 Å². The summed E-state index contributed by atoms with van der Waals surface area (Å²) in [4.78, 5) is 35.4. The first-order valence-corrected chi connectivity index (χ1v) is 10.3. The van der Waals surface area contributed by atoms with Gasteiger partial charge in [0.15, 0.2) is 5.78 Å². The molecule has 3 aliphatic carbocycles. The molecule has 0 N–H and O–H groups in total. The van der Waals surface area contributed by atoms with Gasteiger partial charge in [-0.2, -0.15) is 0 Å². The fourth-order valence-electron chi connectivity index (χ4n) is 6.03. The van der Waals surface area contributed by atoms with E-state index < -0.39 is 0 Å². The van der Waals surface area contributed by atoms with Gasteiger partial charge in [0, 0.05) is 26.2 Å². The van der Waals surface area contributed by atoms with Crippen molar-refractivity contribution in [2.24, 2.45) is 22.7 Å². The molecule has 0 unspecified atom stereocenters. The summed E-state index contributed by atoms with van der Waals surface area (Å²) in [5, 5.41) is 0. The highest BCUT2D eigenvalue weighted by molar-refractivity contribution is 5.92. The fourth-order valence-corrected chi connectivity index (χ4v) is 6.03. The molecule has 0 aromatic carbocycles. The summed E-state index contributed by atoms with van der Waals surface area (Å²) in [5.74, 6) is 0.0200. The van der Waals surface area contributed by atoms with Crippen LogP contribution in [0.15, 0.2) is 23.3 Å². The van der Waals surface area contributed by atoms with E-state index in [0.717, 1.165) is 31.3 Å². The highest BCUT2D eigenvalue weighted by atomic mass is 16.5. The monoisotopic (exact) mass is 388 g/mol. The molecule has 2 fully saturated rings. The van der Waals surface area contributed by atoms with Gasteiger partial charge in [0.2, 0.25) is 0 Å². The molecule has 2 saturated carbocycles. The minimum absolute atomic E-state index is 0.0267. The summed E-state index contributed by atoms with van der Waals surface area (Å²) < 4.78 is 10.9. The standard InChI is InChI=1S/C23H32O5/c1-14-12-18(26)13-20-22(14,4)10-7-19-21(28-16(3)25)17(6-9-23(19,20)5)8-11-27-15(2)24/h8,12,19-21H,6-7,9-11,13H2,1-5H3/b17-8-/t19-,20+,21+,22-,23+/m0/s1. The molecule has 0 aromatic heterocycles. The highest BCUT2D eigenvalue weighted by Crippen LogP contribution is 2.64. The predicted octanol–water partition coefficient (Wildman–Crippen LogP) is 4.16. The number of carbonyl (C=O) groups excluding carboxylic acids is 3. The zero-order chi connectivity index (χ0) is 20.7. The Balaban J connectivity index is 1.94. The zero-order valence-electron chi connectivity index (χ0n) is 17.7. The normalized spacial score (nSPS) is 38.9. The molecule has 0 aromatic rings. The summed E-state index contributed by atoms with van der Waals surface area (Å²) in [6, 6.07) is 0. The number of allylic oxidation sites excluding steroid dienone is 2. The van der Waals surface area contributed by atoms with Crippen molar-refractivity contribution < 1.29 is 23.9 Å². The van der Waals surface area contributed by atoms with Crippen LogP contribution in [-0.4, -0.2) is 30.4 Å². The van der Waals surface area contributed by atoms with Crippen LogP contribution in [0.25, 0.3) is 0 Å². The molecule has 28 heavy (non-hydrogen) atoms. The van der Waals surface area contributed by atoms with Crippen LogP contribution in [-0.2, 0) is 23.9 Å². The van der Waals surface area contributed by atoms with E-state index in [2.05, 4.69) is 20.8 Å². The van der Waals surface area contributed by atoms with Crippen molar-refractivity contribution in [1.29, 1.82) is 0 Å². The number of hydrogen-bond donors (Lipinski definition) is 0. The van der Waals surface area contributed by atoms with E-state index in [4.69, 9.17) is 9.47 Å². The number of fused-ring (bicyclic) bond motifs is 3. The van der Waals surface area contributed by atoms with Crippen LogP contribution in [0.1, 0.15) is 66.7 Å². The molecule has 0 spiro atoms. The second-order valence-corrected chi connectivity index (χ2v) is 9.23. The Morgan fingerprint density at radius 2 is 1.93 bits per heavy atom. The average Bonchev–Trinajstić information content (AvgIpc) is 2.58. The lowest BCUT2D eigenvalue weighted by Crippen LogP contribution is -2.57. The van der Waals surface area contributed by atoms with E-state index in [0.29, 0.717) is 6.42 Å². The Hall–Kier alpha value is -1.91. The summed E-state index contributed by atoms with van der Waals surface area (Å²) in [6.45, 7) is 9.70. The van der Waals surface area contributed by atoms with Gasteiger partial charge in [-0.25, -0.2) is 0 Å². The first-order chi connectivity index (χ1) is 13.1. The van der Waals surface area contributed by atoms with E-state index in [1.54, 1.807) is 0 Å². The maximum absolute atomic E-state index is 12.4. The van der Waals surface area contributed by atoms with Gasteiger partial charge in [0.05, 0.1) is 0 Å². The largest absolute Gasteiger partial charge is 0.462 e. The van der Waals surface area contributed by atoms with Crippen LogP contribution >= 0.6 is 0 Å². The quantitative estimate of drug-likeness (QED) is 0.536. The molecule has 0 amide bonds. The van der Waals surface area contributed by atoms with E-state index >= 15 is 0 Å². The number of carbonyl (C=O) groups is 3. The minimum atomic E-state index is -0.321. The fraction of sp³-hybridized carbons (Fsp3) is 0.696. The molecule has 5 heteroatoms. The van der Waals surface area contributed by atoms with Gasteiger partial charge < -0.3 is 9.47 Å². The molecule has 0 heterocycles. The average molecular weight is 389 g/mol. The Morgan fingerprint density at radius 1 is 1.21 bits per heavy atom. The third-order valence-corrected chi connectivity index (χ3v) is 7.68. The van der Waals surface area contributed by atoms with E-state index in [1.165, 1.54) is 19.4 Å². The summed E-state index contributed by atoms with van der Waals surface area (Å²) >= 11 is 0. The summed E-state index contributed by atoms with van der Waals surface area (Å²) in [6.07, 6.45) is 7.67. The van der Waals surface area contributed by atoms with Crippen molar-refractivity contribution in [2.45, 2.75) is 72.8 Å². The van der Waals surface area contributed by atoms with Gasteiger partial charge in [-0.05, 0) is 67.1 Å².